The molecular formula is C29H27N5O3S3. The molecule has 0 atom stereocenters. The number of benzene rings is 3. The van der Waals surface area contributed by atoms with Crippen LogP contribution in [0.5, 0.6) is 5.75 Å². The van der Waals surface area contributed by atoms with E-state index >= 15 is 0 Å². The molecule has 8 nitrogen and oxygen atoms in total. The number of ether oxygens (including phenoxy) is 1. The van der Waals surface area contributed by atoms with Crippen LogP contribution in [0.1, 0.15) is 6.92 Å². The Morgan fingerprint density at radius 2 is 1.73 bits per heavy atom. The number of rotatable bonds is 9. The van der Waals surface area contributed by atoms with E-state index in [2.05, 4.69) is 5.32 Å². The van der Waals surface area contributed by atoms with E-state index in [0.717, 1.165) is 5.69 Å². The Bertz CT molecular complexity index is 1780. The minimum atomic E-state index is -0.248. The maximum Gasteiger partial charge on any atom is 0.278 e. The Kier molecular flexibility index (Phi) is 8.34. The topological polar surface area (TPSA) is 81.4 Å². The lowest BCUT2D eigenvalue weighted by atomic mass is 10.2. The number of anilines is 2. The van der Waals surface area contributed by atoms with Crippen LogP contribution in [0.25, 0.3) is 21.7 Å². The summed E-state index contributed by atoms with van der Waals surface area (Å²) in [4.78, 5) is 33.7. The lowest BCUT2D eigenvalue weighted by Crippen LogP contribution is -2.22. The maximum atomic E-state index is 13.9. The van der Waals surface area contributed by atoms with Crippen molar-refractivity contribution in [1.29, 1.82) is 0 Å². The van der Waals surface area contributed by atoms with E-state index < -0.39 is 0 Å². The second-order valence-corrected chi connectivity index (χ2v) is 11.5. The Morgan fingerprint density at radius 3 is 2.42 bits per heavy atom. The molecule has 1 N–H and O–H groups in total. The number of nitrogens with one attached hydrogen (secondary N) is 1. The van der Waals surface area contributed by atoms with Gasteiger partial charge in [-0.1, -0.05) is 53.4 Å². The summed E-state index contributed by atoms with van der Waals surface area (Å²) in [5.41, 5.74) is 3.28. The van der Waals surface area contributed by atoms with Gasteiger partial charge < -0.3 is 15.0 Å². The van der Waals surface area contributed by atoms with E-state index in [9.17, 15) is 9.59 Å². The fraction of sp³-hybridized carbons (Fsp3) is 0.172. The monoisotopic (exact) mass is 589 g/mol. The van der Waals surface area contributed by atoms with Crippen LogP contribution in [0.3, 0.4) is 0 Å². The highest BCUT2D eigenvalue weighted by Gasteiger charge is 2.21. The molecule has 0 spiro atoms. The van der Waals surface area contributed by atoms with Gasteiger partial charge in [0.1, 0.15) is 10.4 Å². The molecule has 3 aromatic carbocycles. The van der Waals surface area contributed by atoms with Crippen LogP contribution < -0.4 is 20.5 Å². The van der Waals surface area contributed by atoms with Gasteiger partial charge in [0, 0.05) is 25.5 Å². The van der Waals surface area contributed by atoms with Crippen molar-refractivity contribution in [2.75, 3.05) is 36.7 Å². The van der Waals surface area contributed by atoms with E-state index in [-0.39, 0.29) is 17.2 Å². The van der Waals surface area contributed by atoms with E-state index in [1.165, 1.54) is 27.7 Å². The third kappa shape index (κ3) is 5.67. The Morgan fingerprint density at radius 1 is 1.02 bits per heavy atom. The summed E-state index contributed by atoms with van der Waals surface area (Å²) >= 11 is 8.11. The van der Waals surface area contributed by atoms with E-state index in [4.69, 9.17) is 21.9 Å². The molecule has 0 saturated heterocycles. The molecule has 0 aliphatic carbocycles. The number of nitrogens with zero attached hydrogens (tertiary/aromatic N) is 4. The van der Waals surface area contributed by atoms with E-state index in [0.29, 0.717) is 48.9 Å². The normalized spacial score (nSPS) is 11.0. The lowest BCUT2D eigenvalue weighted by molar-refractivity contribution is -0.113. The second kappa shape index (κ2) is 12.1. The fourth-order valence-corrected chi connectivity index (χ4v) is 6.23. The molecular weight excluding hydrogens is 563 g/mol. The smallest absolute Gasteiger partial charge is 0.278 e. The van der Waals surface area contributed by atoms with E-state index in [1.807, 2.05) is 105 Å². The average Bonchev–Trinajstić information content (AvgIpc) is 3.29. The molecule has 5 aromatic rings. The van der Waals surface area contributed by atoms with Gasteiger partial charge >= 0.3 is 0 Å². The average molecular weight is 590 g/mol. The van der Waals surface area contributed by atoms with Crippen LogP contribution in [-0.2, 0) is 4.79 Å². The first-order chi connectivity index (χ1) is 19.4. The number of para-hydroxylation sites is 3. The highest BCUT2D eigenvalue weighted by Crippen LogP contribution is 2.31. The molecule has 0 saturated carbocycles. The molecule has 0 fully saturated rings. The van der Waals surface area contributed by atoms with Gasteiger partial charge in [-0.25, -0.2) is 4.98 Å². The number of hydrogen-bond acceptors (Lipinski definition) is 8. The third-order valence-corrected chi connectivity index (χ3v) is 8.29. The maximum absolute atomic E-state index is 13.9. The lowest BCUT2D eigenvalue weighted by Gasteiger charge is -2.15. The van der Waals surface area contributed by atoms with Crippen LogP contribution in [0.2, 0.25) is 0 Å². The van der Waals surface area contributed by atoms with Crippen molar-refractivity contribution >= 4 is 62.9 Å². The van der Waals surface area contributed by atoms with Crippen molar-refractivity contribution in [2.24, 2.45) is 0 Å². The molecule has 0 unspecified atom stereocenters. The van der Waals surface area contributed by atoms with Crippen LogP contribution >= 0.6 is 35.3 Å². The molecule has 40 heavy (non-hydrogen) atoms. The molecule has 0 aliphatic heterocycles. The number of aromatic nitrogens is 3. The number of amides is 1. The summed E-state index contributed by atoms with van der Waals surface area (Å²) in [6.45, 7) is 2.39. The predicted molar refractivity (Wildman–Crippen MR) is 167 cm³/mol. The van der Waals surface area contributed by atoms with Gasteiger partial charge in [-0.2, -0.15) is 0 Å². The zero-order valence-electron chi connectivity index (χ0n) is 22.2. The van der Waals surface area contributed by atoms with E-state index in [1.54, 1.807) is 4.57 Å². The fourth-order valence-electron chi connectivity index (χ4n) is 4.14. The van der Waals surface area contributed by atoms with Crippen molar-refractivity contribution in [1.82, 2.24) is 14.1 Å². The number of thiazole rings is 1. The minimum absolute atomic E-state index is 0.0562. The molecule has 2 heterocycles. The Hall–Kier alpha value is -3.93. The molecule has 1 amide bonds. The minimum Gasteiger partial charge on any atom is -0.492 e. The Labute approximate surface area is 244 Å². The summed E-state index contributed by atoms with van der Waals surface area (Å²) in [5.74, 6) is 0.491. The zero-order chi connectivity index (χ0) is 28.2. The van der Waals surface area contributed by atoms with Gasteiger partial charge in [-0.15, -0.1) is 0 Å². The van der Waals surface area contributed by atoms with Gasteiger partial charge in [-0.3, -0.25) is 18.7 Å². The van der Waals surface area contributed by atoms with Crippen molar-refractivity contribution in [3.05, 3.63) is 93.2 Å². The highest BCUT2D eigenvalue weighted by molar-refractivity contribution is 7.99. The molecule has 2 aromatic heterocycles. The third-order valence-electron chi connectivity index (χ3n) is 6.00. The molecule has 0 aliphatic rings. The summed E-state index contributed by atoms with van der Waals surface area (Å²) in [7, 11) is 3.92. The first-order valence-corrected chi connectivity index (χ1v) is 14.7. The van der Waals surface area contributed by atoms with Crippen LogP contribution in [-0.4, -0.2) is 46.5 Å². The van der Waals surface area contributed by atoms with Gasteiger partial charge in [0.05, 0.1) is 23.7 Å². The van der Waals surface area contributed by atoms with Crippen LogP contribution in [0, 0.1) is 3.95 Å². The number of fused-ring (bicyclic) bond motifs is 1. The van der Waals surface area contributed by atoms with Gasteiger partial charge in [0.15, 0.2) is 14.8 Å². The quantitative estimate of drug-likeness (QED) is 0.125. The predicted octanol–water partition coefficient (Wildman–Crippen LogP) is 6.16. The standard InChI is InChI=1S/C29H27N5O3S3/c1-4-37-23-13-9-8-12-22(23)34-26-25(40-29(34)38)27(36)33(21-10-6-5-7-11-21)28(31-26)39-18-24(35)30-19-14-16-20(17-15-19)32(2)3/h5-17H,4,18H2,1-3H3,(H,30,35). The first-order valence-electron chi connectivity index (χ1n) is 12.5. The van der Waals surface area contributed by atoms with Crippen molar-refractivity contribution in [2.45, 2.75) is 12.1 Å². The SMILES string of the molecule is CCOc1ccccc1-n1c(=S)sc2c(=O)n(-c3ccccc3)c(SCC(=O)Nc3ccc(N(C)C)cc3)nc21. The summed E-state index contributed by atoms with van der Waals surface area (Å²) < 4.78 is 10.1. The molecule has 204 valence electrons. The van der Waals surface area contributed by atoms with Gasteiger partial charge in [0.25, 0.3) is 5.56 Å². The molecule has 5 rings (SSSR count). The van der Waals surface area contributed by atoms with Crippen LogP contribution in [0.15, 0.2) is 88.8 Å². The van der Waals surface area contributed by atoms with Crippen molar-refractivity contribution < 1.29 is 9.53 Å². The number of hydrogen-bond donors (Lipinski definition) is 1. The molecule has 11 heteroatoms. The zero-order valence-corrected chi connectivity index (χ0v) is 24.6. The molecule has 0 radical (unpaired) electrons. The van der Waals surface area contributed by atoms with Gasteiger partial charge in [0.2, 0.25) is 5.91 Å². The summed E-state index contributed by atoms with van der Waals surface area (Å²) in [6.07, 6.45) is 0. The van der Waals surface area contributed by atoms with Crippen LogP contribution in [0.4, 0.5) is 11.4 Å². The number of carbonyl (C=O) groups is 1. The first kappa shape index (κ1) is 27.6. The number of thioether (sulfide) groups is 1. The molecule has 0 bridgehead atoms. The summed E-state index contributed by atoms with van der Waals surface area (Å²) in [5, 5.41) is 3.31. The van der Waals surface area contributed by atoms with Gasteiger partial charge in [-0.05, 0) is 67.7 Å². The largest absolute Gasteiger partial charge is 0.492 e. The second-order valence-electron chi connectivity index (χ2n) is 8.91. The summed E-state index contributed by atoms with van der Waals surface area (Å²) in [6, 6.07) is 24.4. The highest BCUT2D eigenvalue weighted by atomic mass is 32.2. The number of carbonyl (C=O) groups excluding carboxylic acids is 1. The van der Waals surface area contributed by atoms with Crippen molar-refractivity contribution in [3.8, 4) is 17.1 Å². The Balaban J connectivity index is 1.55. The van der Waals surface area contributed by atoms with Crippen molar-refractivity contribution in [3.63, 3.8) is 0 Å².